The van der Waals surface area contributed by atoms with E-state index in [1.807, 2.05) is 36.4 Å². The van der Waals surface area contributed by atoms with Crippen LogP contribution < -0.4 is 0 Å². The molecule has 262 valence electrons. The van der Waals surface area contributed by atoms with Crippen LogP contribution >= 0.6 is 41.2 Å². The van der Waals surface area contributed by atoms with Gasteiger partial charge in [-0.1, -0.05) is 72.8 Å². The lowest BCUT2D eigenvalue weighted by atomic mass is 9.96. The Hall–Kier alpha value is -4.05. The first kappa shape index (κ1) is 34.1. The van der Waals surface area contributed by atoms with Crippen molar-refractivity contribution in [1.82, 2.24) is 9.80 Å². The van der Waals surface area contributed by atoms with Crippen molar-refractivity contribution in [2.45, 2.75) is 66.3 Å². The summed E-state index contributed by atoms with van der Waals surface area (Å²) in [6.45, 7) is 1.21. The molecule has 0 aromatic heterocycles. The van der Waals surface area contributed by atoms with E-state index in [0.717, 1.165) is 11.1 Å². The van der Waals surface area contributed by atoms with Crippen LogP contribution in [-0.2, 0) is 49.3 Å². The first-order chi connectivity index (χ1) is 24.7. The van der Waals surface area contributed by atoms with Crippen molar-refractivity contribution in [2.75, 3.05) is 0 Å². The maximum atomic E-state index is 15.2. The van der Waals surface area contributed by atoms with E-state index in [4.69, 9.17) is 18.9 Å². The van der Waals surface area contributed by atoms with E-state index in [9.17, 15) is 14.4 Å². The second-order valence-electron chi connectivity index (χ2n) is 12.7. The predicted molar refractivity (Wildman–Crippen MR) is 193 cm³/mol. The lowest BCUT2D eigenvalue weighted by Gasteiger charge is -2.55. The number of benzene rings is 2. The minimum absolute atomic E-state index is 0.0653. The molecule has 0 N–H and O–H groups in total. The second kappa shape index (κ2) is 13.5. The van der Waals surface area contributed by atoms with Crippen LogP contribution in [0.3, 0.4) is 0 Å². The maximum absolute atomic E-state index is 15.2. The van der Waals surface area contributed by atoms with E-state index < -0.39 is 58.0 Å². The molecule has 7 aliphatic rings. The van der Waals surface area contributed by atoms with E-state index in [2.05, 4.69) is 0 Å². The minimum Gasteiger partial charge on any atom is -0.473 e. The summed E-state index contributed by atoms with van der Waals surface area (Å²) in [6, 6.07) is 16.2. The summed E-state index contributed by atoms with van der Waals surface area (Å²) in [5.41, 5.74) is 2.63. The van der Waals surface area contributed by atoms with Crippen LogP contribution in [0.1, 0.15) is 37.0 Å². The first-order valence-corrected chi connectivity index (χ1v) is 21.0. The SMILES string of the molecule is CC(=O)O[C@@H](C(=O)O[C@H]1C=COC=C2C[C@@]34SSSS[C@]5(CC6=CC=C[C@H](OC(=O)Cc7ccccc7)[C@H]6N5C3=O)C(=O)N4[C@@H]21)c1ccccc1. The zero-order valence-corrected chi connectivity index (χ0v) is 30.2. The van der Waals surface area contributed by atoms with Gasteiger partial charge in [-0.15, -0.1) is 0 Å². The van der Waals surface area contributed by atoms with Gasteiger partial charge in [-0.05, 0) is 70.1 Å². The van der Waals surface area contributed by atoms with Gasteiger partial charge in [0.15, 0.2) is 9.74 Å². The largest absolute Gasteiger partial charge is 0.473 e. The number of piperazine rings is 1. The van der Waals surface area contributed by atoms with Crippen LogP contribution in [0.2, 0.25) is 0 Å². The van der Waals surface area contributed by atoms with Gasteiger partial charge in [-0.2, -0.15) is 0 Å². The van der Waals surface area contributed by atoms with E-state index in [-0.39, 0.29) is 31.1 Å². The fraction of sp³-hybridized carbons (Fsp3) is 0.306. The molecule has 6 aliphatic heterocycles. The number of hydrogen-bond donors (Lipinski definition) is 0. The molecule has 0 radical (unpaired) electrons. The fourth-order valence-electron chi connectivity index (χ4n) is 7.52. The van der Waals surface area contributed by atoms with Gasteiger partial charge in [0, 0.05) is 25.3 Å². The molecule has 0 saturated carbocycles. The molecule has 15 heteroatoms. The summed E-state index contributed by atoms with van der Waals surface area (Å²) < 4.78 is 23.2. The summed E-state index contributed by atoms with van der Waals surface area (Å²) in [4.78, 5) is 69.8. The smallest absolute Gasteiger partial charge is 0.352 e. The van der Waals surface area contributed by atoms with Gasteiger partial charge in [-0.25, -0.2) is 4.79 Å². The minimum atomic E-state index is -1.42. The highest BCUT2D eigenvalue weighted by molar-refractivity contribution is 9.26. The molecule has 2 aromatic rings. The highest BCUT2D eigenvalue weighted by Gasteiger charge is 2.75. The molecule has 5 fully saturated rings. The molecule has 7 atom stereocenters. The molecule has 2 spiro atoms. The molecule has 6 heterocycles. The molecule has 2 amide bonds. The van der Waals surface area contributed by atoms with Crippen LogP contribution in [-0.4, -0.2) is 73.6 Å². The second-order valence-corrected chi connectivity index (χ2v) is 18.9. The Balaban J connectivity index is 1.13. The number of fused-ring (bicyclic) bond motifs is 5. The lowest BCUT2D eigenvalue weighted by Crippen LogP contribution is -2.74. The molecular formula is C36H30N2O9S4. The Morgan fingerprint density at radius 3 is 2.12 bits per heavy atom. The van der Waals surface area contributed by atoms with Gasteiger partial charge >= 0.3 is 17.9 Å². The van der Waals surface area contributed by atoms with E-state index in [0.29, 0.717) is 11.1 Å². The monoisotopic (exact) mass is 762 g/mol. The molecular weight excluding hydrogens is 733 g/mol. The number of carbonyl (C=O) groups excluding carboxylic acids is 5. The van der Waals surface area contributed by atoms with Crippen molar-refractivity contribution in [2.24, 2.45) is 0 Å². The van der Waals surface area contributed by atoms with Crippen LogP contribution in [0, 0.1) is 0 Å². The number of rotatable bonds is 7. The van der Waals surface area contributed by atoms with Gasteiger partial charge in [0.2, 0.25) is 6.10 Å². The number of nitrogens with zero attached hydrogens (tertiary/aromatic N) is 2. The molecule has 11 nitrogen and oxygen atoms in total. The molecule has 1 aliphatic carbocycles. The number of amides is 2. The molecule has 0 unspecified atom stereocenters. The maximum Gasteiger partial charge on any atom is 0.352 e. The van der Waals surface area contributed by atoms with Gasteiger partial charge in [0.25, 0.3) is 11.8 Å². The van der Waals surface area contributed by atoms with Crippen LogP contribution in [0.5, 0.6) is 0 Å². The summed E-state index contributed by atoms with van der Waals surface area (Å²) in [5, 5.41) is 0. The van der Waals surface area contributed by atoms with E-state index in [1.54, 1.807) is 52.3 Å². The van der Waals surface area contributed by atoms with Crippen LogP contribution in [0.4, 0.5) is 0 Å². The van der Waals surface area contributed by atoms with E-state index >= 15 is 9.59 Å². The van der Waals surface area contributed by atoms with E-state index in [1.165, 1.54) is 66.8 Å². The van der Waals surface area contributed by atoms with Crippen molar-refractivity contribution in [1.29, 1.82) is 0 Å². The normalized spacial score (nSPS) is 30.6. The zero-order valence-electron chi connectivity index (χ0n) is 26.9. The Bertz CT molecular complexity index is 1920. The third kappa shape index (κ3) is 5.78. The van der Waals surface area contributed by atoms with Crippen molar-refractivity contribution in [3.05, 3.63) is 120 Å². The molecule has 5 saturated heterocycles. The number of esters is 3. The topological polar surface area (TPSA) is 129 Å². The Labute approximate surface area is 308 Å². The number of hydrogen-bond acceptors (Lipinski definition) is 13. The van der Waals surface area contributed by atoms with Crippen LogP contribution in [0.15, 0.2) is 109 Å². The Morgan fingerprint density at radius 2 is 1.45 bits per heavy atom. The first-order valence-electron chi connectivity index (χ1n) is 16.1. The standard InChI is InChI=1S/C36H30N2O9S4/c1-21(39)45-31(23-11-6-3-7-12-23)32(41)47-27-15-16-44-20-25-19-36-34(43)37-29-24(18-35(37,48-50-51-49-36)33(42)38(36)30(25)27)13-8-14-26(29)46-28(40)17-22-9-4-2-5-10-22/h2-16,20,26-27,29-31H,17-19H2,1H3/t26-,27-,29-,30-,31+,35+,36+/m0/s1. The van der Waals surface area contributed by atoms with Gasteiger partial charge in [-0.3, -0.25) is 19.2 Å². The van der Waals surface area contributed by atoms with Crippen molar-refractivity contribution >= 4 is 71.0 Å². The predicted octanol–water partition coefficient (Wildman–Crippen LogP) is 5.58. The van der Waals surface area contributed by atoms with Crippen LogP contribution in [0.25, 0.3) is 0 Å². The summed E-state index contributed by atoms with van der Waals surface area (Å²) >= 11 is 0. The number of ether oxygens (including phenoxy) is 4. The Kier molecular flexibility index (Phi) is 9.01. The third-order valence-corrected chi connectivity index (χ3v) is 16.8. The molecule has 9 rings (SSSR count). The summed E-state index contributed by atoms with van der Waals surface area (Å²) in [6.07, 6.45) is 7.04. The van der Waals surface area contributed by atoms with Gasteiger partial charge in [0.05, 0.1) is 31.0 Å². The molecule has 51 heavy (non-hydrogen) atoms. The summed E-state index contributed by atoms with van der Waals surface area (Å²) in [5.74, 6) is -2.56. The quantitative estimate of drug-likeness (QED) is 0.198. The van der Waals surface area contributed by atoms with Crippen molar-refractivity contribution in [3.8, 4) is 0 Å². The zero-order chi connectivity index (χ0) is 35.3. The fourth-order valence-corrected chi connectivity index (χ4v) is 15.3. The molecule has 2 bridgehead atoms. The molecule has 2 aromatic carbocycles. The van der Waals surface area contributed by atoms with Crippen molar-refractivity contribution < 1.29 is 42.9 Å². The number of allylic oxidation sites excluding steroid dienone is 2. The average Bonchev–Trinajstić information content (AvgIpc) is 3.57. The Morgan fingerprint density at radius 1 is 0.843 bits per heavy atom. The number of carbonyl (C=O) groups is 5. The average molecular weight is 763 g/mol. The summed E-state index contributed by atoms with van der Waals surface area (Å²) in [7, 11) is 5.41. The lowest BCUT2D eigenvalue weighted by molar-refractivity contribution is -0.176. The van der Waals surface area contributed by atoms with Gasteiger partial charge < -0.3 is 28.7 Å². The third-order valence-electron chi connectivity index (χ3n) is 9.57. The highest BCUT2D eigenvalue weighted by atomic mass is 33.7. The van der Waals surface area contributed by atoms with Gasteiger partial charge in [0.1, 0.15) is 12.2 Å². The highest BCUT2D eigenvalue weighted by Crippen LogP contribution is 2.69. The van der Waals surface area contributed by atoms with Crippen molar-refractivity contribution in [3.63, 3.8) is 0 Å².